The van der Waals surface area contributed by atoms with Crippen molar-refractivity contribution in [2.45, 2.75) is 5.75 Å². The summed E-state index contributed by atoms with van der Waals surface area (Å²) >= 11 is 0. The summed E-state index contributed by atoms with van der Waals surface area (Å²) in [6, 6.07) is 14.0. The number of nitrogens with one attached hydrogen (secondary N) is 1. The molecule has 1 saturated heterocycles. The molecule has 0 unspecified atom stereocenters. The molecule has 1 aliphatic rings. The van der Waals surface area contributed by atoms with Crippen LogP contribution >= 0.6 is 0 Å². The standard InChI is InChI=1S/C18H22N4O4S/c1-19-17-13-16(7-8-18(17)22(23)24)20-9-11-21(12-10-20)27(25,26)14-15-5-3-2-4-6-15/h2-8,13,19H,9-12,14H2,1H3. The van der Waals surface area contributed by atoms with Gasteiger partial charge in [-0.3, -0.25) is 10.1 Å². The van der Waals surface area contributed by atoms with E-state index >= 15 is 0 Å². The first-order chi connectivity index (χ1) is 12.9. The van der Waals surface area contributed by atoms with Crippen molar-refractivity contribution in [3.8, 4) is 0 Å². The Labute approximate surface area is 158 Å². The zero-order valence-electron chi connectivity index (χ0n) is 15.0. The van der Waals surface area contributed by atoms with E-state index in [0.717, 1.165) is 11.3 Å². The van der Waals surface area contributed by atoms with Crippen LogP contribution in [0, 0.1) is 10.1 Å². The molecule has 2 aromatic rings. The summed E-state index contributed by atoms with van der Waals surface area (Å²) < 4.78 is 26.8. The second-order valence-corrected chi connectivity index (χ2v) is 8.31. The van der Waals surface area contributed by atoms with E-state index in [2.05, 4.69) is 5.32 Å². The highest BCUT2D eigenvalue weighted by molar-refractivity contribution is 7.88. The van der Waals surface area contributed by atoms with Gasteiger partial charge in [-0.1, -0.05) is 30.3 Å². The van der Waals surface area contributed by atoms with Crippen molar-refractivity contribution < 1.29 is 13.3 Å². The SMILES string of the molecule is CNc1cc(N2CCN(S(=O)(=O)Cc3ccccc3)CC2)ccc1[N+](=O)[O-]. The lowest BCUT2D eigenvalue weighted by Gasteiger charge is -2.35. The number of nitro benzene ring substituents is 1. The maximum Gasteiger partial charge on any atom is 0.292 e. The second-order valence-electron chi connectivity index (χ2n) is 6.34. The summed E-state index contributed by atoms with van der Waals surface area (Å²) in [6.07, 6.45) is 0. The summed E-state index contributed by atoms with van der Waals surface area (Å²) in [5, 5.41) is 13.9. The van der Waals surface area contributed by atoms with E-state index < -0.39 is 14.9 Å². The van der Waals surface area contributed by atoms with Gasteiger partial charge in [0.05, 0.1) is 10.7 Å². The Balaban J connectivity index is 1.67. The lowest BCUT2D eigenvalue weighted by atomic mass is 10.2. The highest BCUT2D eigenvalue weighted by atomic mass is 32.2. The first-order valence-electron chi connectivity index (χ1n) is 8.63. The minimum atomic E-state index is -3.37. The summed E-state index contributed by atoms with van der Waals surface area (Å²) in [5.74, 6) is -0.00469. The fraction of sp³-hybridized carbons (Fsp3) is 0.333. The Morgan fingerprint density at radius 2 is 1.74 bits per heavy atom. The number of benzene rings is 2. The van der Waals surface area contributed by atoms with Gasteiger partial charge in [-0.2, -0.15) is 4.31 Å². The summed E-state index contributed by atoms with van der Waals surface area (Å²) in [7, 11) is -1.73. The molecule has 144 valence electrons. The van der Waals surface area contributed by atoms with Gasteiger partial charge in [-0.05, 0) is 17.7 Å². The van der Waals surface area contributed by atoms with E-state index in [-0.39, 0.29) is 11.4 Å². The fourth-order valence-corrected chi connectivity index (χ4v) is 4.70. The molecule has 0 aliphatic carbocycles. The van der Waals surface area contributed by atoms with Crippen LogP contribution in [0.2, 0.25) is 0 Å². The molecular formula is C18H22N4O4S. The van der Waals surface area contributed by atoms with Gasteiger partial charge in [0.2, 0.25) is 10.0 Å². The van der Waals surface area contributed by atoms with E-state index in [4.69, 9.17) is 0 Å². The average Bonchev–Trinajstić information content (AvgIpc) is 2.68. The largest absolute Gasteiger partial charge is 0.383 e. The molecule has 0 amide bonds. The Hall–Kier alpha value is -2.65. The Morgan fingerprint density at radius 1 is 1.07 bits per heavy atom. The van der Waals surface area contributed by atoms with Crippen molar-refractivity contribution >= 4 is 27.1 Å². The van der Waals surface area contributed by atoms with Crippen molar-refractivity contribution in [3.05, 3.63) is 64.2 Å². The number of anilines is 2. The average molecular weight is 390 g/mol. The lowest BCUT2D eigenvalue weighted by molar-refractivity contribution is -0.383. The first-order valence-corrected chi connectivity index (χ1v) is 10.2. The Bertz CT molecular complexity index is 910. The summed E-state index contributed by atoms with van der Waals surface area (Å²) in [5.41, 5.74) is 2.07. The molecule has 3 rings (SSSR count). The van der Waals surface area contributed by atoms with Crippen LogP contribution in [0.25, 0.3) is 0 Å². The number of piperazine rings is 1. The van der Waals surface area contributed by atoms with Crippen LogP contribution < -0.4 is 10.2 Å². The number of hydrogen-bond acceptors (Lipinski definition) is 6. The molecule has 1 fully saturated rings. The van der Waals surface area contributed by atoms with E-state index in [9.17, 15) is 18.5 Å². The molecule has 1 N–H and O–H groups in total. The molecule has 0 saturated carbocycles. The third-order valence-electron chi connectivity index (χ3n) is 4.64. The van der Waals surface area contributed by atoms with Gasteiger partial charge in [0.1, 0.15) is 5.69 Å². The van der Waals surface area contributed by atoms with Crippen LogP contribution in [0.15, 0.2) is 48.5 Å². The minimum Gasteiger partial charge on any atom is -0.383 e. The molecule has 9 heteroatoms. The van der Waals surface area contributed by atoms with E-state index in [1.807, 2.05) is 35.2 Å². The zero-order valence-corrected chi connectivity index (χ0v) is 15.9. The summed E-state index contributed by atoms with van der Waals surface area (Å²) in [6.45, 7) is 1.85. The van der Waals surface area contributed by atoms with E-state index in [1.165, 1.54) is 10.4 Å². The molecule has 2 aromatic carbocycles. The topological polar surface area (TPSA) is 95.8 Å². The molecule has 0 radical (unpaired) electrons. The van der Waals surface area contributed by atoms with E-state index in [1.54, 1.807) is 19.2 Å². The van der Waals surface area contributed by atoms with Crippen molar-refractivity contribution in [1.29, 1.82) is 0 Å². The zero-order chi connectivity index (χ0) is 19.4. The van der Waals surface area contributed by atoms with Gasteiger partial charge in [-0.25, -0.2) is 8.42 Å². The van der Waals surface area contributed by atoms with Gasteiger partial charge in [0.15, 0.2) is 0 Å². The molecule has 1 aliphatic heterocycles. The molecule has 0 bridgehead atoms. The molecular weight excluding hydrogens is 368 g/mol. The molecule has 1 heterocycles. The fourth-order valence-electron chi connectivity index (χ4n) is 3.18. The van der Waals surface area contributed by atoms with Crippen LogP contribution in [-0.4, -0.2) is 50.9 Å². The second kappa shape index (κ2) is 7.93. The van der Waals surface area contributed by atoms with Gasteiger partial charge in [0, 0.05) is 45.0 Å². The quantitative estimate of drug-likeness (QED) is 0.601. The number of nitro groups is 1. The smallest absolute Gasteiger partial charge is 0.292 e. The lowest BCUT2D eigenvalue weighted by Crippen LogP contribution is -2.49. The number of nitrogens with zero attached hydrogens (tertiary/aromatic N) is 3. The highest BCUT2D eigenvalue weighted by Gasteiger charge is 2.27. The number of sulfonamides is 1. The number of hydrogen-bond donors (Lipinski definition) is 1. The maximum absolute atomic E-state index is 12.6. The van der Waals surface area contributed by atoms with Gasteiger partial charge >= 0.3 is 0 Å². The minimum absolute atomic E-state index is 0.00469. The van der Waals surface area contributed by atoms with Crippen LogP contribution in [0.4, 0.5) is 17.1 Å². The molecule has 27 heavy (non-hydrogen) atoms. The van der Waals surface area contributed by atoms with Gasteiger partial charge in [0.25, 0.3) is 5.69 Å². The normalized spacial score (nSPS) is 15.5. The van der Waals surface area contributed by atoms with Crippen LogP contribution in [0.1, 0.15) is 5.56 Å². The number of rotatable bonds is 6. The molecule has 0 atom stereocenters. The molecule has 0 aromatic heterocycles. The van der Waals surface area contributed by atoms with Crippen molar-refractivity contribution in [2.24, 2.45) is 0 Å². The maximum atomic E-state index is 12.6. The third-order valence-corrected chi connectivity index (χ3v) is 6.49. The van der Waals surface area contributed by atoms with Crippen LogP contribution in [0.3, 0.4) is 0 Å². The van der Waals surface area contributed by atoms with Crippen LogP contribution in [0.5, 0.6) is 0 Å². The van der Waals surface area contributed by atoms with Crippen molar-refractivity contribution in [3.63, 3.8) is 0 Å². The van der Waals surface area contributed by atoms with Crippen molar-refractivity contribution in [1.82, 2.24) is 4.31 Å². The van der Waals surface area contributed by atoms with Gasteiger partial charge in [-0.15, -0.1) is 0 Å². The van der Waals surface area contributed by atoms with Gasteiger partial charge < -0.3 is 10.2 Å². The molecule has 0 spiro atoms. The third kappa shape index (κ3) is 4.37. The Kier molecular flexibility index (Phi) is 5.62. The predicted molar refractivity (Wildman–Crippen MR) is 105 cm³/mol. The monoisotopic (exact) mass is 390 g/mol. The van der Waals surface area contributed by atoms with E-state index in [0.29, 0.717) is 31.9 Å². The summed E-state index contributed by atoms with van der Waals surface area (Å²) in [4.78, 5) is 12.7. The van der Waals surface area contributed by atoms with Crippen molar-refractivity contribution in [2.75, 3.05) is 43.4 Å². The first kappa shape index (κ1) is 19.1. The predicted octanol–water partition coefficient (Wildman–Crippen LogP) is 2.29. The highest BCUT2D eigenvalue weighted by Crippen LogP contribution is 2.30. The Morgan fingerprint density at radius 3 is 2.33 bits per heavy atom. The van der Waals surface area contributed by atoms with Crippen LogP contribution in [-0.2, 0) is 15.8 Å². The molecule has 8 nitrogen and oxygen atoms in total.